The van der Waals surface area contributed by atoms with Crippen molar-refractivity contribution < 1.29 is 13.2 Å². The number of nitrogens with zero attached hydrogens (tertiary/aromatic N) is 1. The fraction of sp³-hybridized carbons (Fsp3) is 0.588. The second-order valence-corrected chi connectivity index (χ2v) is 8.72. The number of rotatable bonds is 5. The third kappa shape index (κ3) is 3.37. The van der Waals surface area contributed by atoms with Gasteiger partial charge in [0.1, 0.15) is 6.04 Å². The zero-order chi connectivity index (χ0) is 16.6. The van der Waals surface area contributed by atoms with Crippen LogP contribution in [0.3, 0.4) is 0 Å². The lowest BCUT2D eigenvalue weighted by molar-refractivity contribution is -0.122. The van der Waals surface area contributed by atoms with Crippen molar-refractivity contribution >= 4 is 21.6 Å². The summed E-state index contributed by atoms with van der Waals surface area (Å²) in [5, 5.41) is 3.09. The van der Waals surface area contributed by atoms with Crippen LogP contribution in [-0.4, -0.2) is 32.7 Å². The number of nitrogens with one attached hydrogen (secondary N) is 1. The molecule has 2 saturated carbocycles. The summed E-state index contributed by atoms with van der Waals surface area (Å²) in [5.74, 6) is 1.09. The molecule has 6 heteroatoms. The first kappa shape index (κ1) is 16.3. The van der Waals surface area contributed by atoms with Crippen LogP contribution in [0.15, 0.2) is 30.3 Å². The summed E-state index contributed by atoms with van der Waals surface area (Å²) in [4.78, 5) is 12.6. The first-order valence-corrected chi connectivity index (χ1v) is 10.1. The fourth-order valence-electron chi connectivity index (χ4n) is 4.11. The zero-order valence-corrected chi connectivity index (χ0v) is 14.4. The fourth-order valence-corrected chi connectivity index (χ4v) is 5.28. The van der Waals surface area contributed by atoms with Crippen molar-refractivity contribution in [3.05, 3.63) is 30.3 Å². The van der Waals surface area contributed by atoms with Gasteiger partial charge in [0.25, 0.3) is 0 Å². The zero-order valence-electron chi connectivity index (χ0n) is 13.6. The van der Waals surface area contributed by atoms with E-state index < -0.39 is 16.1 Å². The minimum absolute atomic E-state index is 0.209. The number of anilines is 1. The Kier molecular flexibility index (Phi) is 4.36. The molecule has 0 aromatic heterocycles. The van der Waals surface area contributed by atoms with Gasteiger partial charge in [-0.15, -0.1) is 0 Å². The molecule has 1 amide bonds. The molecule has 0 aliphatic heterocycles. The molecular formula is C17H24N2O3S. The van der Waals surface area contributed by atoms with Crippen LogP contribution >= 0.6 is 0 Å². The third-order valence-corrected chi connectivity index (χ3v) is 6.41. The van der Waals surface area contributed by atoms with Crippen LogP contribution in [0.5, 0.6) is 0 Å². The third-order valence-electron chi connectivity index (χ3n) is 5.16. The summed E-state index contributed by atoms with van der Waals surface area (Å²) in [7, 11) is -3.53. The number of para-hydroxylation sites is 1. The van der Waals surface area contributed by atoms with Crippen molar-refractivity contribution in [2.45, 2.75) is 44.7 Å². The first-order valence-electron chi connectivity index (χ1n) is 8.21. The standard InChI is InChI=1S/C17H24N2O3S/c1-12(17(20)18-16-11-13-8-9-14(16)10-13)19(23(2,21)22)15-6-4-3-5-7-15/h3-7,12-14,16H,8-11H2,1-2H3,(H,18,20)/t12?,13-,14+,16+/m0/s1. The van der Waals surface area contributed by atoms with Crippen molar-refractivity contribution in [3.8, 4) is 0 Å². The highest BCUT2D eigenvalue weighted by atomic mass is 32.2. The highest BCUT2D eigenvalue weighted by Gasteiger charge is 2.41. The maximum Gasteiger partial charge on any atom is 0.243 e. The topological polar surface area (TPSA) is 66.5 Å². The van der Waals surface area contributed by atoms with E-state index in [-0.39, 0.29) is 11.9 Å². The van der Waals surface area contributed by atoms with Crippen molar-refractivity contribution in [1.82, 2.24) is 5.32 Å². The quantitative estimate of drug-likeness (QED) is 0.896. The number of amides is 1. The van der Waals surface area contributed by atoms with Crippen LogP contribution in [-0.2, 0) is 14.8 Å². The van der Waals surface area contributed by atoms with E-state index in [0.29, 0.717) is 11.6 Å². The van der Waals surface area contributed by atoms with E-state index in [2.05, 4.69) is 5.32 Å². The Morgan fingerprint density at radius 1 is 1.22 bits per heavy atom. The van der Waals surface area contributed by atoms with Gasteiger partial charge >= 0.3 is 0 Å². The monoisotopic (exact) mass is 336 g/mol. The molecule has 126 valence electrons. The molecule has 1 aromatic rings. The Hall–Kier alpha value is -1.56. The van der Waals surface area contributed by atoms with Crippen LogP contribution in [0, 0.1) is 11.8 Å². The van der Waals surface area contributed by atoms with E-state index in [0.717, 1.165) is 18.6 Å². The highest BCUT2D eigenvalue weighted by Crippen LogP contribution is 2.44. The number of hydrogen-bond donors (Lipinski definition) is 1. The maximum absolute atomic E-state index is 12.6. The van der Waals surface area contributed by atoms with Gasteiger partial charge in [0, 0.05) is 6.04 Å². The molecule has 1 N–H and O–H groups in total. The van der Waals surface area contributed by atoms with Crippen LogP contribution in [0.4, 0.5) is 5.69 Å². The van der Waals surface area contributed by atoms with E-state index in [1.807, 2.05) is 6.07 Å². The predicted molar refractivity (Wildman–Crippen MR) is 90.6 cm³/mol. The summed E-state index contributed by atoms with van der Waals surface area (Å²) in [6, 6.07) is 8.24. The van der Waals surface area contributed by atoms with Gasteiger partial charge < -0.3 is 5.32 Å². The molecule has 0 radical (unpaired) electrons. The summed E-state index contributed by atoms with van der Waals surface area (Å²) < 4.78 is 25.6. The first-order chi connectivity index (χ1) is 10.9. The van der Waals surface area contributed by atoms with Crippen LogP contribution < -0.4 is 9.62 Å². The van der Waals surface area contributed by atoms with Crippen molar-refractivity contribution in [1.29, 1.82) is 0 Å². The highest BCUT2D eigenvalue weighted by molar-refractivity contribution is 7.92. The molecule has 2 fully saturated rings. The molecule has 1 unspecified atom stereocenters. The number of fused-ring (bicyclic) bond motifs is 2. The Labute approximate surface area is 138 Å². The molecular weight excluding hydrogens is 312 g/mol. The van der Waals surface area contributed by atoms with Gasteiger partial charge in [-0.3, -0.25) is 9.10 Å². The SMILES string of the molecule is CC(C(=O)N[C@@H]1C[C@H]2CC[C@@H]1C2)N(c1ccccc1)S(C)(=O)=O. The van der Waals surface area contributed by atoms with Gasteiger partial charge in [-0.05, 0) is 50.2 Å². The Morgan fingerprint density at radius 2 is 1.91 bits per heavy atom. The van der Waals surface area contributed by atoms with Crippen LogP contribution in [0.25, 0.3) is 0 Å². The average molecular weight is 336 g/mol. The normalized spacial score (nSPS) is 27.7. The predicted octanol–water partition coefficient (Wildman–Crippen LogP) is 2.15. The van der Waals surface area contributed by atoms with Crippen molar-refractivity contribution in [2.24, 2.45) is 11.8 Å². The lowest BCUT2D eigenvalue weighted by Gasteiger charge is -2.30. The van der Waals surface area contributed by atoms with E-state index in [4.69, 9.17) is 0 Å². The van der Waals surface area contributed by atoms with E-state index >= 15 is 0 Å². The maximum atomic E-state index is 12.6. The number of carbonyl (C=O) groups excluding carboxylic acids is 1. The van der Waals surface area contributed by atoms with Crippen LogP contribution in [0.1, 0.15) is 32.6 Å². The number of hydrogen-bond acceptors (Lipinski definition) is 3. The van der Waals surface area contributed by atoms with Gasteiger partial charge in [0.05, 0.1) is 11.9 Å². The summed E-state index contributed by atoms with van der Waals surface area (Å²) in [6.45, 7) is 1.65. The van der Waals surface area contributed by atoms with Gasteiger partial charge in [-0.1, -0.05) is 24.6 Å². The molecule has 0 heterocycles. The smallest absolute Gasteiger partial charge is 0.243 e. The molecule has 1 aromatic carbocycles. The second-order valence-electron chi connectivity index (χ2n) is 6.86. The minimum atomic E-state index is -3.53. The summed E-state index contributed by atoms with van der Waals surface area (Å²) >= 11 is 0. The lowest BCUT2D eigenvalue weighted by Crippen LogP contribution is -2.51. The van der Waals surface area contributed by atoms with Gasteiger partial charge in [-0.25, -0.2) is 8.42 Å². The molecule has 2 aliphatic carbocycles. The molecule has 0 spiro atoms. The van der Waals surface area contributed by atoms with Crippen molar-refractivity contribution in [2.75, 3.05) is 10.6 Å². The van der Waals surface area contributed by atoms with Crippen LogP contribution in [0.2, 0.25) is 0 Å². The Bertz CT molecular complexity index is 674. The molecule has 3 rings (SSSR count). The van der Waals surface area contributed by atoms with E-state index in [1.165, 1.54) is 23.6 Å². The minimum Gasteiger partial charge on any atom is -0.351 e. The number of carbonyl (C=O) groups is 1. The van der Waals surface area contributed by atoms with Gasteiger partial charge in [0.15, 0.2) is 0 Å². The average Bonchev–Trinajstić information content (AvgIpc) is 3.09. The molecule has 2 bridgehead atoms. The largest absolute Gasteiger partial charge is 0.351 e. The molecule has 5 nitrogen and oxygen atoms in total. The Balaban J connectivity index is 1.75. The lowest BCUT2D eigenvalue weighted by atomic mass is 9.95. The van der Waals surface area contributed by atoms with E-state index in [1.54, 1.807) is 31.2 Å². The van der Waals surface area contributed by atoms with Crippen molar-refractivity contribution in [3.63, 3.8) is 0 Å². The summed E-state index contributed by atoms with van der Waals surface area (Å²) in [6.07, 6.45) is 5.83. The molecule has 23 heavy (non-hydrogen) atoms. The number of sulfonamides is 1. The molecule has 0 saturated heterocycles. The van der Waals surface area contributed by atoms with E-state index in [9.17, 15) is 13.2 Å². The molecule has 2 aliphatic rings. The molecule has 4 atom stereocenters. The van der Waals surface area contributed by atoms with Gasteiger partial charge in [-0.2, -0.15) is 0 Å². The Morgan fingerprint density at radius 3 is 2.43 bits per heavy atom. The second kappa shape index (κ2) is 6.15. The number of benzene rings is 1. The summed E-state index contributed by atoms with van der Waals surface area (Å²) in [5.41, 5.74) is 0.519. The van der Waals surface area contributed by atoms with Gasteiger partial charge in [0.2, 0.25) is 15.9 Å².